The highest BCUT2D eigenvalue weighted by atomic mass is 32.2. The van der Waals surface area contributed by atoms with Gasteiger partial charge in [-0.1, -0.05) is 11.6 Å². The Morgan fingerprint density at radius 3 is 2.56 bits per heavy atom. The predicted molar refractivity (Wildman–Crippen MR) is 93.9 cm³/mol. The molecule has 2 heterocycles. The van der Waals surface area contributed by atoms with Gasteiger partial charge in [0.1, 0.15) is 0 Å². The number of hydrogen-bond donors (Lipinski definition) is 2. The van der Waals surface area contributed by atoms with Gasteiger partial charge in [0.2, 0.25) is 10.0 Å². The molecule has 3 rings (SSSR count). The van der Waals surface area contributed by atoms with E-state index in [4.69, 9.17) is 4.74 Å². The summed E-state index contributed by atoms with van der Waals surface area (Å²) in [4.78, 5) is 14.3. The number of carbonyl (C=O) groups is 1. The molecule has 1 saturated heterocycles. The van der Waals surface area contributed by atoms with Gasteiger partial charge in [-0.25, -0.2) is 13.1 Å². The molecule has 0 saturated carbocycles. The minimum atomic E-state index is -3.58. The van der Waals surface area contributed by atoms with Crippen molar-refractivity contribution in [2.75, 3.05) is 45.9 Å². The van der Waals surface area contributed by atoms with E-state index in [1.54, 1.807) is 17.0 Å². The third kappa shape index (κ3) is 4.66. The van der Waals surface area contributed by atoms with Crippen molar-refractivity contribution in [1.29, 1.82) is 0 Å². The molecule has 1 aromatic rings. The van der Waals surface area contributed by atoms with Crippen molar-refractivity contribution in [2.24, 2.45) is 0 Å². The Balaban J connectivity index is 1.64. The molecule has 2 N–H and O–H groups in total. The molecule has 0 radical (unpaired) electrons. The normalized spacial score (nSPS) is 18.7. The van der Waals surface area contributed by atoms with Gasteiger partial charge in [-0.15, -0.1) is 0 Å². The maximum absolute atomic E-state index is 12.4. The van der Waals surface area contributed by atoms with Crippen molar-refractivity contribution in [3.63, 3.8) is 0 Å². The number of hydrogen-bond acceptors (Lipinski definition) is 5. The first-order valence-electron chi connectivity index (χ1n) is 8.42. The standard InChI is InChI=1S/C17H23N3O4S/c21-17(20-9-11-24-12-10-20)15-1-3-16(4-2-15)25(22,23)19-13-14-5-7-18-8-6-14/h1-5,18-19H,6-13H2. The van der Waals surface area contributed by atoms with Crippen LogP contribution in [0.3, 0.4) is 0 Å². The molecule has 0 bridgehead atoms. The van der Waals surface area contributed by atoms with E-state index in [2.05, 4.69) is 10.0 Å². The van der Waals surface area contributed by atoms with Gasteiger partial charge in [0.25, 0.3) is 5.91 Å². The van der Waals surface area contributed by atoms with E-state index in [0.717, 1.165) is 25.1 Å². The summed E-state index contributed by atoms with van der Waals surface area (Å²) in [6.07, 6.45) is 2.85. The number of benzene rings is 1. The molecule has 0 unspecified atom stereocenters. The van der Waals surface area contributed by atoms with E-state index < -0.39 is 10.0 Å². The Labute approximate surface area is 148 Å². The highest BCUT2D eigenvalue weighted by Crippen LogP contribution is 2.14. The molecular weight excluding hydrogens is 342 g/mol. The second-order valence-corrected chi connectivity index (χ2v) is 7.84. The zero-order chi connectivity index (χ0) is 17.7. The van der Waals surface area contributed by atoms with Gasteiger partial charge in [-0.2, -0.15) is 0 Å². The molecular formula is C17H23N3O4S. The molecule has 25 heavy (non-hydrogen) atoms. The van der Waals surface area contributed by atoms with Crippen LogP contribution in [0.5, 0.6) is 0 Å². The highest BCUT2D eigenvalue weighted by Gasteiger charge is 2.20. The van der Waals surface area contributed by atoms with Crippen molar-refractivity contribution in [3.05, 3.63) is 41.5 Å². The quantitative estimate of drug-likeness (QED) is 0.736. The van der Waals surface area contributed by atoms with Crippen LogP contribution in [0.4, 0.5) is 0 Å². The molecule has 0 aliphatic carbocycles. The van der Waals surface area contributed by atoms with E-state index in [1.807, 2.05) is 6.08 Å². The second kappa shape index (κ2) is 8.09. The maximum atomic E-state index is 12.4. The first-order valence-corrected chi connectivity index (χ1v) is 9.90. The fourth-order valence-corrected chi connectivity index (χ4v) is 3.86. The molecule has 1 aromatic carbocycles. The Hall–Kier alpha value is -1.74. The number of carbonyl (C=O) groups excluding carboxylic acids is 1. The summed E-state index contributed by atoms with van der Waals surface area (Å²) < 4.78 is 32.6. The van der Waals surface area contributed by atoms with Crippen LogP contribution in [0.25, 0.3) is 0 Å². The molecule has 8 heteroatoms. The SMILES string of the molecule is O=C(c1ccc(S(=O)(=O)NCC2=CCNCC2)cc1)N1CCOCC1. The lowest BCUT2D eigenvalue weighted by molar-refractivity contribution is 0.0303. The van der Waals surface area contributed by atoms with Crippen molar-refractivity contribution in [3.8, 4) is 0 Å². The fraction of sp³-hybridized carbons (Fsp3) is 0.471. The van der Waals surface area contributed by atoms with Crippen LogP contribution in [0.1, 0.15) is 16.8 Å². The van der Waals surface area contributed by atoms with Gasteiger partial charge >= 0.3 is 0 Å². The van der Waals surface area contributed by atoms with Crippen LogP contribution in [0, 0.1) is 0 Å². The van der Waals surface area contributed by atoms with E-state index in [9.17, 15) is 13.2 Å². The predicted octanol–water partition coefficient (Wildman–Crippen LogP) is 0.357. The van der Waals surface area contributed by atoms with Gasteiger partial charge in [-0.05, 0) is 37.2 Å². The number of amides is 1. The Kier molecular flexibility index (Phi) is 5.85. The highest BCUT2D eigenvalue weighted by molar-refractivity contribution is 7.89. The van der Waals surface area contributed by atoms with E-state index in [1.165, 1.54) is 12.1 Å². The first-order chi connectivity index (χ1) is 12.1. The monoisotopic (exact) mass is 365 g/mol. The van der Waals surface area contributed by atoms with Crippen LogP contribution >= 0.6 is 0 Å². The average Bonchev–Trinajstić information content (AvgIpc) is 2.67. The average molecular weight is 365 g/mol. The van der Waals surface area contributed by atoms with Crippen molar-refractivity contribution in [1.82, 2.24) is 14.9 Å². The summed E-state index contributed by atoms with van der Waals surface area (Å²) in [5, 5.41) is 3.19. The summed E-state index contributed by atoms with van der Waals surface area (Å²) in [5.74, 6) is -0.0972. The summed E-state index contributed by atoms with van der Waals surface area (Å²) in [6.45, 7) is 4.15. The minimum Gasteiger partial charge on any atom is -0.378 e. The zero-order valence-corrected chi connectivity index (χ0v) is 14.8. The molecule has 1 amide bonds. The molecule has 0 aromatic heterocycles. The Morgan fingerprint density at radius 2 is 1.92 bits per heavy atom. The molecule has 7 nitrogen and oxygen atoms in total. The van der Waals surface area contributed by atoms with Gasteiger partial charge in [0, 0.05) is 31.7 Å². The van der Waals surface area contributed by atoms with Gasteiger partial charge in [-0.3, -0.25) is 4.79 Å². The molecule has 1 fully saturated rings. The smallest absolute Gasteiger partial charge is 0.254 e. The van der Waals surface area contributed by atoms with E-state index in [-0.39, 0.29) is 10.8 Å². The molecule has 136 valence electrons. The summed E-state index contributed by atoms with van der Waals surface area (Å²) in [5.41, 5.74) is 1.57. The lowest BCUT2D eigenvalue weighted by atomic mass is 10.1. The first kappa shape index (κ1) is 18.1. The van der Waals surface area contributed by atoms with Crippen molar-refractivity contribution in [2.45, 2.75) is 11.3 Å². The third-order valence-corrected chi connectivity index (χ3v) is 5.77. The Bertz CT molecular complexity index is 738. The van der Waals surface area contributed by atoms with Crippen LogP contribution < -0.4 is 10.0 Å². The van der Waals surface area contributed by atoms with E-state index >= 15 is 0 Å². The largest absolute Gasteiger partial charge is 0.378 e. The number of morpholine rings is 1. The number of rotatable bonds is 5. The lowest BCUT2D eigenvalue weighted by Gasteiger charge is -2.26. The number of sulfonamides is 1. The molecule has 0 atom stereocenters. The second-order valence-electron chi connectivity index (χ2n) is 6.07. The van der Waals surface area contributed by atoms with Gasteiger partial charge in [0.05, 0.1) is 18.1 Å². The van der Waals surface area contributed by atoms with Crippen LogP contribution in [-0.2, 0) is 14.8 Å². The topological polar surface area (TPSA) is 87.7 Å². The number of ether oxygens (including phenoxy) is 1. The molecule has 2 aliphatic rings. The van der Waals surface area contributed by atoms with Crippen LogP contribution in [0.15, 0.2) is 40.8 Å². The zero-order valence-electron chi connectivity index (χ0n) is 14.0. The number of nitrogens with zero attached hydrogens (tertiary/aromatic N) is 1. The van der Waals surface area contributed by atoms with Crippen molar-refractivity contribution < 1.29 is 17.9 Å². The number of nitrogens with one attached hydrogen (secondary N) is 2. The van der Waals surface area contributed by atoms with E-state index in [0.29, 0.717) is 38.4 Å². The molecule has 0 spiro atoms. The molecule has 2 aliphatic heterocycles. The van der Waals surface area contributed by atoms with Gasteiger partial charge < -0.3 is 15.0 Å². The fourth-order valence-electron chi connectivity index (χ4n) is 2.83. The Morgan fingerprint density at radius 1 is 1.20 bits per heavy atom. The van der Waals surface area contributed by atoms with Gasteiger partial charge in [0.15, 0.2) is 0 Å². The van der Waals surface area contributed by atoms with Crippen LogP contribution in [0.2, 0.25) is 0 Å². The summed E-state index contributed by atoms with van der Waals surface area (Å²) in [6, 6.07) is 6.09. The summed E-state index contributed by atoms with van der Waals surface area (Å²) in [7, 11) is -3.58. The third-order valence-electron chi connectivity index (χ3n) is 4.36. The minimum absolute atomic E-state index is 0.0972. The maximum Gasteiger partial charge on any atom is 0.254 e. The van der Waals surface area contributed by atoms with Crippen LogP contribution in [-0.4, -0.2) is 65.2 Å². The van der Waals surface area contributed by atoms with Crippen molar-refractivity contribution >= 4 is 15.9 Å². The summed E-state index contributed by atoms with van der Waals surface area (Å²) >= 11 is 0. The lowest BCUT2D eigenvalue weighted by Crippen LogP contribution is -2.40.